The van der Waals surface area contributed by atoms with Crippen molar-refractivity contribution in [3.63, 3.8) is 0 Å². The lowest BCUT2D eigenvalue weighted by Crippen LogP contribution is -2.29. The number of rotatable bonds is 7. The van der Waals surface area contributed by atoms with E-state index in [1.54, 1.807) is 12.0 Å². The number of hydrogen-bond acceptors (Lipinski definition) is 6. The summed E-state index contributed by atoms with van der Waals surface area (Å²) in [6, 6.07) is 4.92. The highest BCUT2D eigenvalue weighted by Gasteiger charge is 2.19. The van der Waals surface area contributed by atoms with E-state index in [9.17, 15) is 10.1 Å². The van der Waals surface area contributed by atoms with Gasteiger partial charge in [0.25, 0.3) is 0 Å². The van der Waals surface area contributed by atoms with Gasteiger partial charge in [-0.25, -0.2) is 4.98 Å². The quantitative estimate of drug-likeness (QED) is 0.535. The summed E-state index contributed by atoms with van der Waals surface area (Å²) in [5, 5.41) is 19.5. The van der Waals surface area contributed by atoms with Crippen LogP contribution in [0, 0.1) is 21.4 Å². The van der Waals surface area contributed by atoms with Crippen LogP contribution in [0.5, 0.6) is 0 Å². The maximum Gasteiger partial charge on any atom is 0.311 e. The molecule has 96 valence electrons. The zero-order chi connectivity index (χ0) is 13.4. The summed E-state index contributed by atoms with van der Waals surface area (Å²) in [6.07, 6.45) is 1.77. The highest BCUT2D eigenvalue weighted by atomic mass is 16.6. The minimum absolute atomic E-state index is 0.0634. The lowest BCUT2D eigenvalue weighted by Gasteiger charge is -2.21. The fraction of sp³-hybridized carbons (Fsp3) is 0.455. The second kappa shape index (κ2) is 7.19. The van der Waals surface area contributed by atoms with Gasteiger partial charge >= 0.3 is 5.69 Å². The van der Waals surface area contributed by atoms with Crippen molar-refractivity contribution in [3.05, 3.63) is 28.4 Å². The summed E-state index contributed by atoms with van der Waals surface area (Å²) in [6.45, 7) is 1.26. The minimum Gasteiger partial charge on any atom is -0.383 e. The van der Waals surface area contributed by atoms with Crippen LogP contribution in [0.1, 0.15) is 6.42 Å². The molecule has 0 atom stereocenters. The molecule has 18 heavy (non-hydrogen) atoms. The Morgan fingerprint density at radius 3 is 3.00 bits per heavy atom. The number of methoxy groups -OCH3 is 1. The van der Waals surface area contributed by atoms with E-state index < -0.39 is 4.92 Å². The molecule has 1 heterocycles. The highest BCUT2D eigenvalue weighted by Crippen LogP contribution is 2.24. The van der Waals surface area contributed by atoms with Gasteiger partial charge in [0.05, 0.1) is 24.0 Å². The van der Waals surface area contributed by atoms with Crippen molar-refractivity contribution in [2.24, 2.45) is 0 Å². The summed E-state index contributed by atoms with van der Waals surface area (Å²) in [4.78, 5) is 16.1. The number of aromatic nitrogens is 1. The van der Waals surface area contributed by atoms with E-state index in [0.717, 1.165) is 0 Å². The van der Waals surface area contributed by atoms with E-state index in [-0.39, 0.29) is 17.9 Å². The van der Waals surface area contributed by atoms with E-state index in [1.807, 2.05) is 6.07 Å². The van der Waals surface area contributed by atoms with E-state index in [4.69, 9.17) is 10.00 Å². The molecule has 0 spiro atoms. The topological polar surface area (TPSA) is 92.3 Å². The molecule has 0 saturated heterocycles. The smallest absolute Gasteiger partial charge is 0.311 e. The molecule has 0 aliphatic carbocycles. The zero-order valence-electron chi connectivity index (χ0n) is 10.1. The SMILES string of the molecule is COCCN(CCC#N)c1ncccc1[N+](=O)[O-]. The van der Waals surface area contributed by atoms with Gasteiger partial charge in [-0.1, -0.05) is 0 Å². The molecule has 0 N–H and O–H groups in total. The number of nitrogens with zero attached hydrogens (tertiary/aromatic N) is 4. The number of ether oxygens (including phenoxy) is 1. The maximum atomic E-state index is 10.9. The van der Waals surface area contributed by atoms with Crippen molar-refractivity contribution in [1.82, 2.24) is 4.98 Å². The molecule has 0 aromatic carbocycles. The first-order valence-electron chi connectivity index (χ1n) is 5.41. The van der Waals surface area contributed by atoms with Crippen LogP contribution in [-0.4, -0.2) is 36.7 Å². The van der Waals surface area contributed by atoms with Crippen molar-refractivity contribution in [3.8, 4) is 6.07 Å². The molecule has 7 heteroatoms. The fourth-order valence-electron chi connectivity index (χ4n) is 1.48. The number of nitro groups is 1. The summed E-state index contributed by atoms with van der Waals surface area (Å²) in [5.41, 5.74) is -0.0634. The molecule has 0 aliphatic heterocycles. The van der Waals surface area contributed by atoms with Gasteiger partial charge in [0.1, 0.15) is 0 Å². The van der Waals surface area contributed by atoms with Gasteiger partial charge in [-0.2, -0.15) is 5.26 Å². The molecule has 0 amide bonds. The van der Waals surface area contributed by atoms with Gasteiger partial charge in [0, 0.05) is 32.5 Å². The highest BCUT2D eigenvalue weighted by molar-refractivity contribution is 5.57. The van der Waals surface area contributed by atoms with Crippen molar-refractivity contribution < 1.29 is 9.66 Å². The number of anilines is 1. The van der Waals surface area contributed by atoms with Gasteiger partial charge in [-0.15, -0.1) is 0 Å². The normalized spacial score (nSPS) is 9.78. The number of pyridine rings is 1. The Morgan fingerprint density at radius 1 is 1.61 bits per heavy atom. The van der Waals surface area contributed by atoms with E-state index >= 15 is 0 Å². The Kier molecular flexibility index (Phi) is 5.54. The standard InChI is InChI=1S/C11H14N4O3/c1-18-9-8-14(7-3-5-12)11-10(15(16)17)4-2-6-13-11/h2,4,6H,3,7-9H2,1H3. The molecular formula is C11H14N4O3. The molecule has 7 nitrogen and oxygen atoms in total. The molecule has 1 aromatic heterocycles. The van der Waals surface area contributed by atoms with Crippen LogP contribution in [0.15, 0.2) is 18.3 Å². The molecule has 0 aliphatic rings. The van der Waals surface area contributed by atoms with Crippen molar-refractivity contribution in [2.75, 3.05) is 31.7 Å². The minimum atomic E-state index is -0.478. The van der Waals surface area contributed by atoms with Gasteiger partial charge in [0.2, 0.25) is 5.82 Å². The summed E-state index contributed by atoms with van der Waals surface area (Å²) in [7, 11) is 1.55. The van der Waals surface area contributed by atoms with Crippen LogP contribution in [0.25, 0.3) is 0 Å². The van der Waals surface area contributed by atoms with Crippen LogP contribution in [0.2, 0.25) is 0 Å². The van der Waals surface area contributed by atoms with Gasteiger partial charge in [-0.05, 0) is 6.07 Å². The van der Waals surface area contributed by atoms with Crippen LogP contribution in [0.4, 0.5) is 11.5 Å². The number of nitriles is 1. The van der Waals surface area contributed by atoms with Gasteiger partial charge in [0.15, 0.2) is 0 Å². The Bertz CT molecular complexity index is 444. The molecular weight excluding hydrogens is 236 g/mol. The third-order valence-corrected chi connectivity index (χ3v) is 2.32. The van der Waals surface area contributed by atoms with Crippen molar-refractivity contribution >= 4 is 11.5 Å². The summed E-state index contributed by atoms with van der Waals surface area (Å²) in [5.74, 6) is 0.273. The molecule has 0 bridgehead atoms. The molecule has 0 unspecified atom stereocenters. The molecule has 1 rings (SSSR count). The van der Waals surface area contributed by atoms with Gasteiger partial charge < -0.3 is 9.64 Å². The molecule has 0 radical (unpaired) electrons. The van der Waals surface area contributed by atoms with Crippen LogP contribution in [-0.2, 0) is 4.74 Å². The Hall–Kier alpha value is -2.20. The Morgan fingerprint density at radius 2 is 2.39 bits per heavy atom. The molecule has 0 saturated carbocycles. The summed E-state index contributed by atoms with van der Waals surface area (Å²) >= 11 is 0. The van der Waals surface area contributed by atoms with Crippen LogP contribution in [0.3, 0.4) is 0 Å². The predicted octanol–water partition coefficient (Wildman–Crippen LogP) is 1.36. The monoisotopic (exact) mass is 250 g/mol. The largest absolute Gasteiger partial charge is 0.383 e. The van der Waals surface area contributed by atoms with Crippen molar-refractivity contribution in [2.45, 2.75) is 6.42 Å². The Labute approximate surface area is 105 Å². The van der Waals surface area contributed by atoms with E-state index in [1.165, 1.54) is 18.3 Å². The van der Waals surface area contributed by atoms with E-state index in [2.05, 4.69) is 4.98 Å². The lowest BCUT2D eigenvalue weighted by molar-refractivity contribution is -0.384. The third kappa shape index (κ3) is 3.68. The Balaban J connectivity index is 2.96. The molecule has 0 fully saturated rings. The van der Waals surface area contributed by atoms with Crippen molar-refractivity contribution in [1.29, 1.82) is 5.26 Å². The average Bonchev–Trinajstić information content (AvgIpc) is 2.39. The van der Waals surface area contributed by atoms with Crippen LogP contribution >= 0.6 is 0 Å². The first-order valence-corrected chi connectivity index (χ1v) is 5.41. The van der Waals surface area contributed by atoms with E-state index in [0.29, 0.717) is 19.7 Å². The van der Waals surface area contributed by atoms with Crippen LogP contribution < -0.4 is 4.90 Å². The lowest BCUT2D eigenvalue weighted by atomic mass is 10.3. The predicted molar refractivity (Wildman–Crippen MR) is 65.2 cm³/mol. The molecule has 1 aromatic rings. The number of hydrogen-bond donors (Lipinski definition) is 0. The maximum absolute atomic E-state index is 10.9. The zero-order valence-corrected chi connectivity index (χ0v) is 10.1. The second-order valence-electron chi connectivity index (χ2n) is 3.49. The first kappa shape index (κ1) is 13.9. The van der Waals surface area contributed by atoms with Gasteiger partial charge in [-0.3, -0.25) is 10.1 Å². The second-order valence-corrected chi connectivity index (χ2v) is 3.49. The summed E-state index contributed by atoms with van der Waals surface area (Å²) < 4.78 is 4.95. The average molecular weight is 250 g/mol. The first-order chi connectivity index (χ1) is 8.70. The third-order valence-electron chi connectivity index (χ3n) is 2.32. The fourth-order valence-corrected chi connectivity index (χ4v) is 1.48.